The Morgan fingerprint density at radius 2 is 1.00 bits per heavy atom. The standard InChI is InChI=1S/C70H123N13O16S/c1-24-48-66(95)76(17)38-55(86)77(18)49(33-39(2)3)63(92)75-57(43(10)11)69(98)78(19)50(34-40(4)5)62(91)72-46(15)61(90)73-47(16)65(94)79(20)51(35-41(6)7)67(96)80(21)52(36-42(8)9)68(97)81(22)58(44(12)13)70(99)82(23)59(64(93)74-48)60(89)45(14)27-25-26-31-100-32-29-54(85)83(37-53(71)84)30-28-56(87)88/h25-26,39-52,57-60,89H,24,27-38H2,1-23H3,(H2,71,84)(H,72,91)(H,73,90)(H,74,93)(H,75,92)(H,87,88)/b26-25+/t45-,46+,47-,48+,49+,50+,51+,52+,57+,58+,59+,60-/m1/s1. The number of aliphatic hydroxyl groups excluding tert-OH is 1. The lowest BCUT2D eigenvalue weighted by Gasteiger charge is -2.41. The molecule has 0 aromatic carbocycles. The van der Waals surface area contributed by atoms with Crippen molar-refractivity contribution < 1.29 is 77.3 Å². The average molecular weight is 1430 g/mol. The van der Waals surface area contributed by atoms with Gasteiger partial charge in [-0.2, -0.15) is 11.8 Å². The van der Waals surface area contributed by atoms with Gasteiger partial charge in [0.05, 0.1) is 25.6 Å². The van der Waals surface area contributed by atoms with E-state index < -0.39 is 180 Å². The van der Waals surface area contributed by atoms with Gasteiger partial charge in [0.25, 0.3) is 0 Å². The van der Waals surface area contributed by atoms with E-state index in [0.29, 0.717) is 11.5 Å². The fourth-order valence-corrected chi connectivity index (χ4v) is 12.6. The van der Waals surface area contributed by atoms with E-state index in [-0.39, 0.29) is 81.6 Å². The van der Waals surface area contributed by atoms with Crippen molar-refractivity contribution in [2.75, 3.05) is 80.5 Å². The molecule has 1 saturated heterocycles. The van der Waals surface area contributed by atoms with Gasteiger partial charge in [-0.05, 0) is 93.8 Å². The Balaban J connectivity index is 4.26. The van der Waals surface area contributed by atoms with Gasteiger partial charge in [-0.1, -0.05) is 109 Å². The normalized spacial score (nSPS) is 24.5. The first-order valence-corrected chi connectivity index (χ1v) is 36.2. The third-order valence-corrected chi connectivity index (χ3v) is 18.9. The van der Waals surface area contributed by atoms with Crippen LogP contribution in [0.2, 0.25) is 0 Å². The number of hydrogen-bond donors (Lipinski definition) is 7. The number of primary amides is 1. The summed E-state index contributed by atoms with van der Waals surface area (Å²) in [5.74, 6) is -12.4. The number of aliphatic hydroxyl groups is 1. The Kier molecular flexibility index (Phi) is 38.8. The van der Waals surface area contributed by atoms with Crippen LogP contribution in [-0.4, -0.2) is 279 Å². The highest BCUT2D eigenvalue weighted by Crippen LogP contribution is 2.26. The average Bonchev–Trinajstić information content (AvgIpc) is 0.802. The lowest BCUT2D eigenvalue weighted by molar-refractivity contribution is -0.157. The van der Waals surface area contributed by atoms with Crippen LogP contribution in [0.15, 0.2) is 12.2 Å². The number of nitrogens with zero attached hydrogens (tertiary/aromatic N) is 8. The number of hydrogen-bond acceptors (Lipinski definition) is 16. The Hall–Kier alpha value is -7.37. The summed E-state index contributed by atoms with van der Waals surface area (Å²) < 4.78 is 0. The van der Waals surface area contributed by atoms with Crippen molar-refractivity contribution >= 4 is 94.5 Å². The molecule has 1 rings (SSSR count). The minimum atomic E-state index is -1.74. The zero-order valence-electron chi connectivity index (χ0n) is 63.9. The summed E-state index contributed by atoms with van der Waals surface area (Å²) in [6.45, 7) is 26.4. The molecule has 0 radical (unpaired) electrons. The molecule has 1 aliphatic rings. The number of aliphatic carboxylic acids is 1. The maximum absolute atomic E-state index is 15.4. The van der Waals surface area contributed by atoms with Gasteiger partial charge >= 0.3 is 5.97 Å². The van der Waals surface area contributed by atoms with E-state index in [2.05, 4.69) is 21.3 Å². The number of thioether (sulfide) groups is 1. The molecule has 0 unspecified atom stereocenters. The molecule has 100 heavy (non-hydrogen) atoms. The number of carboxylic acid groups (broad SMARTS) is 1. The molecule has 12 atom stereocenters. The molecule has 8 N–H and O–H groups in total. The van der Waals surface area contributed by atoms with Crippen LogP contribution in [0.5, 0.6) is 0 Å². The van der Waals surface area contributed by atoms with Crippen LogP contribution in [0.1, 0.15) is 162 Å². The highest BCUT2D eigenvalue weighted by molar-refractivity contribution is 7.99. The molecule has 1 fully saturated rings. The number of rotatable bonds is 25. The second kappa shape index (κ2) is 42.8. The summed E-state index contributed by atoms with van der Waals surface area (Å²) in [5.41, 5.74) is 5.29. The molecule has 0 saturated carbocycles. The van der Waals surface area contributed by atoms with Crippen molar-refractivity contribution in [1.29, 1.82) is 0 Å². The Bertz CT molecular complexity index is 2840. The predicted molar refractivity (Wildman–Crippen MR) is 383 cm³/mol. The van der Waals surface area contributed by atoms with Crippen LogP contribution in [0.4, 0.5) is 0 Å². The lowest BCUT2D eigenvalue weighted by Crippen LogP contribution is -2.63. The van der Waals surface area contributed by atoms with Gasteiger partial charge in [-0.25, -0.2) is 0 Å². The number of nitrogens with two attached hydrogens (primary N) is 1. The maximum Gasteiger partial charge on any atom is 0.305 e. The third kappa shape index (κ3) is 27.9. The smallest absolute Gasteiger partial charge is 0.305 e. The quantitative estimate of drug-likeness (QED) is 0.0509. The summed E-state index contributed by atoms with van der Waals surface area (Å²) in [6.07, 6.45) is 2.01. The monoisotopic (exact) mass is 1430 g/mol. The van der Waals surface area contributed by atoms with Gasteiger partial charge < -0.3 is 76.4 Å². The zero-order chi connectivity index (χ0) is 77.2. The van der Waals surface area contributed by atoms with E-state index in [1.807, 2.05) is 55.4 Å². The molecule has 0 bridgehead atoms. The van der Waals surface area contributed by atoms with Crippen LogP contribution in [0.3, 0.4) is 0 Å². The van der Waals surface area contributed by atoms with Gasteiger partial charge in [0.1, 0.15) is 60.4 Å². The fraction of sp³-hybridized carbons (Fsp3) is 0.771. The second-order valence-electron chi connectivity index (χ2n) is 29.2. The number of nitrogens with one attached hydrogen (secondary N) is 4. The number of carbonyl (C=O) groups is 14. The van der Waals surface area contributed by atoms with Crippen LogP contribution in [0, 0.1) is 41.4 Å². The van der Waals surface area contributed by atoms with Crippen molar-refractivity contribution in [3.63, 3.8) is 0 Å². The molecular weight excluding hydrogens is 1310 g/mol. The van der Waals surface area contributed by atoms with E-state index in [1.54, 1.807) is 53.7 Å². The SMILES string of the molecule is CC[C@@H]1NC(=O)[C@H]([C@H](O)[C@H](C)C/C=C/CSCCC(=O)N(CCC(=O)O)CC(N)=O)N(C)C(=O)[C@H](C(C)C)N(C)C(=O)[C@H](CC(C)C)N(C)C(=O)[C@H](CC(C)C)N(C)C(=O)[C@@H](C)NC(=O)[C@H](C)NC(=O)[C@H](CC(C)C)N(C)C(=O)[C@H](C(C)C)NC(=O)[C@H](CC(C)C)N(C)C(=O)CN(C)C1=O. The summed E-state index contributed by atoms with van der Waals surface area (Å²) >= 11 is 1.35. The topological polar surface area (TPSA) is 379 Å². The maximum atomic E-state index is 15.4. The highest BCUT2D eigenvalue weighted by Gasteiger charge is 2.46. The van der Waals surface area contributed by atoms with E-state index in [1.165, 1.54) is 99.4 Å². The van der Waals surface area contributed by atoms with Crippen molar-refractivity contribution in [2.45, 2.75) is 229 Å². The summed E-state index contributed by atoms with van der Waals surface area (Å²) in [6, 6.07) is -12.9. The molecule has 29 nitrogen and oxygen atoms in total. The van der Waals surface area contributed by atoms with Gasteiger partial charge in [-0.3, -0.25) is 67.1 Å². The molecule has 1 aliphatic heterocycles. The van der Waals surface area contributed by atoms with Gasteiger partial charge in [0.2, 0.25) is 76.8 Å². The van der Waals surface area contributed by atoms with Crippen molar-refractivity contribution in [3.8, 4) is 0 Å². The first kappa shape index (κ1) is 90.6. The zero-order valence-corrected chi connectivity index (χ0v) is 64.7. The molecule has 0 spiro atoms. The van der Waals surface area contributed by atoms with Crippen molar-refractivity contribution in [1.82, 2.24) is 60.5 Å². The van der Waals surface area contributed by atoms with Crippen LogP contribution >= 0.6 is 11.8 Å². The van der Waals surface area contributed by atoms with Crippen molar-refractivity contribution in [2.24, 2.45) is 47.2 Å². The summed E-state index contributed by atoms with van der Waals surface area (Å²) in [4.78, 5) is 207. The minimum absolute atomic E-state index is 0.0174. The molecular formula is C70H123N13O16S. The molecule has 570 valence electrons. The summed E-state index contributed by atoms with van der Waals surface area (Å²) in [5, 5.41) is 32.5. The number of carbonyl (C=O) groups excluding carboxylic acids is 13. The highest BCUT2D eigenvalue weighted by atomic mass is 32.2. The van der Waals surface area contributed by atoms with E-state index >= 15 is 19.2 Å². The molecule has 0 aromatic rings. The lowest BCUT2D eigenvalue weighted by atomic mass is 9.91. The summed E-state index contributed by atoms with van der Waals surface area (Å²) in [7, 11) is 9.69. The largest absolute Gasteiger partial charge is 0.481 e. The van der Waals surface area contributed by atoms with E-state index in [0.717, 1.165) is 14.7 Å². The van der Waals surface area contributed by atoms with Crippen LogP contribution in [0.25, 0.3) is 0 Å². The molecule has 30 heteroatoms. The fourth-order valence-electron chi connectivity index (χ4n) is 11.9. The van der Waals surface area contributed by atoms with Gasteiger partial charge in [0, 0.05) is 73.8 Å². The first-order chi connectivity index (χ1) is 46.3. The van der Waals surface area contributed by atoms with Gasteiger partial charge in [-0.15, -0.1) is 0 Å². The minimum Gasteiger partial charge on any atom is -0.481 e. The van der Waals surface area contributed by atoms with E-state index in [9.17, 15) is 53.1 Å². The molecule has 1 heterocycles. The first-order valence-electron chi connectivity index (χ1n) is 35.0. The number of amides is 13. The molecule has 0 aliphatic carbocycles. The number of allylic oxidation sites excluding steroid dienone is 1. The number of likely N-dealkylation sites (N-methyl/N-ethyl adjacent to an activating group) is 7. The van der Waals surface area contributed by atoms with Gasteiger partial charge in [0.15, 0.2) is 0 Å². The van der Waals surface area contributed by atoms with Crippen molar-refractivity contribution in [3.05, 3.63) is 12.2 Å². The van der Waals surface area contributed by atoms with Crippen LogP contribution < -0.4 is 27.0 Å². The molecule has 13 amide bonds. The second-order valence-corrected chi connectivity index (χ2v) is 30.4. The van der Waals surface area contributed by atoms with E-state index in [4.69, 9.17) is 10.8 Å². The molecule has 0 aromatic heterocycles. The third-order valence-electron chi connectivity index (χ3n) is 18.0. The number of carboxylic acids is 1. The predicted octanol–water partition coefficient (Wildman–Crippen LogP) is 2.16. The van der Waals surface area contributed by atoms with Crippen LogP contribution in [-0.2, 0) is 67.1 Å². The Morgan fingerprint density at radius 3 is 1.48 bits per heavy atom. The Labute approximate surface area is 598 Å². The Morgan fingerprint density at radius 1 is 0.540 bits per heavy atom.